The molecule has 3 aromatic rings. The van der Waals surface area contributed by atoms with Crippen LogP contribution in [-0.4, -0.2) is 36.5 Å². The largest absolute Gasteiger partial charge is 0.490 e. The van der Waals surface area contributed by atoms with Gasteiger partial charge in [-0.25, -0.2) is 0 Å². The molecule has 39 heavy (non-hydrogen) atoms. The molecule has 3 aromatic carbocycles. The smallest absolute Gasteiger partial charge is 0.239 e. The van der Waals surface area contributed by atoms with Gasteiger partial charge in [-0.15, -0.1) is 11.6 Å². The molecule has 4 atom stereocenters. The van der Waals surface area contributed by atoms with Gasteiger partial charge in [0.2, 0.25) is 11.8 Å². The number of alkyl halides is 1. The summed E-state index contributed by atoms with van der Waals surface area (Å²) in [7, 11) is 0. The average Bonchev–Trinajstić information content (AvgIpc) is 3.19. The van der Waals surface area contributed by atoms with E-state index in [2.05, 4.69) is 33.2 Å². The number of fused-ring (bicyclic) bond motifs is 2. The van der Waals surface area contributed by atoms with Crippen LogP contribution in [0.15, 0.2) is 60.7 Å². The Balaban J connectivity index is 1.60. The van der Waals surface area contributed by atoms with Gasteiger partial charge in [0.1, 0.15) is 22.6 Å². The standard InChI is InChI=1S/C29H24Cl3IN2O4/c30-16-3-1-2-15(12-16)24-25(32)27(36)35-26(29(24)21-6-4-17(31)13-22(21)34-28(29)37)20-14-18(33)5-7-23(20)39-19-8-10-38-11-9-19/h1-7,12-14,19,24-26H,8-11H2,(H,34,37)(H,35,36). The highest BCUT2D eigenvalue weighted by molar-refractivity contribution is 14.1. The van der Waals surface area contributed by atoms with Crippen LogP contribution in [0.5, 0.6) is 5.75 Å². The van der Waals surface area contributed by atoms with Crippen molar-refractivity contribution in [2.45, 2.75) is 41.7 Å². The van der Waals surface area contributed by atoms with E-state index in [9.17, 15) is 9.59 Å². The molecule has 6 rings (SSSR count). The lowest BCUT2D eigenvalue weighted by Gasteiger charge is -2.48. The number of hydrogen-bond donors (Lipinski definition) is 2. The molecule has 0 aliphatic carbocycles. The zero-order valence-electron chi connectivity index (χ0n) is 20.6. The van der Waals surface area contributed by atoms with Gasteiger partial charge in [0, 0.05) is 43.6 Å². The minimum absolute atomic E-state index is 0.0409. The molecule has 10 heteroatoms. The molecule has 2 fully saturated rings. The van der Waals surface area contributed by atoms with Crippen molar-refractivity contribution in [1.82, 2.24) is 5.32 Å². The van der Waals surface area contributed by atoms with Crippen LogP contribution in [-0.2, 0) is 19.7 Å². The van der Waals surface area contributed by atoms with Crippen LogP contribution in [0.25, 0.3) is 0 Å². The fourth-order valence-electron chi connectivity index (χ4n) is 6.10. The predicted octanol–water partition coefficient (Wildman–Crippen LogP) is 6.61. The van der Waals surface area contributed by atoms with Crippen molar-refractivity contribution in [2.75, 3.05) is 18.5 Å². The third-order valence-electron chi connectivity index (χ3n) is 7.78. The van der Waals surface area contributed by atoms with E-state index < -0.39 is 22.8 Å². The lowest BCUT2D eigenvalue weighted by molar-refractivity contribution is -0.131. The van der Waals surface area contributed by atoms with E-state index in [0.717, 1.165) is 16.4 Å². The average molecular weight is 698 g/mol. The molecule has 0 saturated carbocycles. The Kier molecular flexibility index (Phi) is 7.48. The van der Waals surface area contributed by atoms with Gasteiger partial charge in [-0.1, -0.05) is 41.4 Å². The second-order valence-corrected chi connectivity index (χ2v) is 12.6. The summed E-state index contributed by atoms with van der Waals surface area (Å²) in [6.07, 6.45) is 1.47. The number of benzene rings is 3. The van der Waals surface area contributed by atoms with Crippen molar-refractivity contribution in [3.8, 4) is 5.75 Å². The maximum absolute atomic E-state index is 14.4. The third kappa shape index (κ3) is 4.70. The van der Waals surface area contributed by atoms with Crippen LogP contribution in [0, 0.1) is 3.57 Å². The molecule has 6 nitrogen and oxygen atoms in total. The highest BCUT2D eigenvalue weighted by Gasteiger charge is 2.64. The molecule has 3 heterocycles. The normalized spacial score (nSPS) is 26.7. The molecule has 0 aromatic heterocycles. The van der Waals surface area contributed by atoms with E-state index in [1.54, 1.807) is 30.3 Å². The van der Waals surface area contributed by atoms with E-state index in [1.807, 2.05) is 30.3 Å². The van der Waals surface area contributed by atoms with E-state index in [1.165, 1.54) is 0 Å². The SMILES string of the molecule is O=C1NC(c2cc(I)ccc2OC2CCOCC2)C2(C(=O)Nc3cc(Cl)ccc32)C(c2cccc(Cl)c2)C1Cl. The first-order valence-corrected chi connectivity index (χ1v) is 14.9. The van der Waals surface area contributed by atoms with Gasteiger partial charge in [-0.2, -0.15) is 0 Å². The fourth-order valence-corrected chi connectivity index (χ4v) is 7.40. The minimum atomic E-state index is -1.32. The monoisotopic (exact) mass is 696 g/mol. The van der Waals surface area contributed by atoms with Gasteiger partial charge >= 0.3 is 0 Å². The summed E-state index contributed by atoms with van der Waals surface area (Å²) in [5.41, 5.74) is 1.37. The molecule has 3 aliphatic heterocycles. The summed E-state index contributed by atoms with van der Waals surface area (Å²) in [6.45, 7) is 1.24. The molecule has 2 N–H and O–H groups in total. The van der Waals surface area contributed by atoms with Crippen molar-refractivity contribution in [3.05, 3.63) is 91.0 Å². The number of amides is 2. The van der Waals surface area contributed by atoms with Gasteiger partial charge in [0.15, 0.2) is 0 Å². The molecule has 3 aliphatic rings. The summed E-state index contributed by atoms with van der Waals surface area (Å²) in [6, 6.07) is 17.5. The number of nitrogens with one attached hydrogen (secondary N) is 2. The number of piperidine rings is 1. The van der Waals surface area contributed by atoms with Crippen LogP contribution in [0.4, 0.5) is 5.69 Å². The van der Waals surface area contributed by atoms with Crippen LogP contribution >= 0.6 is 57.4 Å². The predicted molar refractivity (Wildman–Crippen MR) is 160 cm³/mol. The summed E-state index contributed by atoms with van der Waals surface area (Å²) >= 11 is 21.9. The minimum Gasteiger partial charge on any atom is -0.490 e. The van der Waals surface area contributed by atoms with E-state index >= 15 is 0 Å². The summed E-state index contributed by atoms with van der Waals surface area (Å²) in [5.74, 6) is -0.785. The Morgan fingerprint density at radius 1 is 0.974 bits per heavy atom. The number of rotatable bonds is 4. The lowest BCUT2D eigenvalue weighted by Crippen LogP contribution is -2.61. The molecule has 0 bridgehead atoms. The van der Waals surface area contributed by atoms with Crippen LogP contribution in [0.2, 0.25) is 10.0 Å². The van der Waals surface area contributed by atoms with E-state index in [0.29, 0.717) is 51.4 Å². The molecule has 4 unspecified atom stereocenters. The van der Waals surface area contributed by atoms with Gasteiger partial charge in [-0.05, 0) is 76.2 Å². The fraction of sp³-hybridized carbons (Fsp3) is 0.310. The maximum Gasteiger partial charge on any atom is 0.239 e. The summed E-state index contributed by atoms with van der Waals surface area (Å²) < 4.78 is 13.0. The summed E-state index contributed by atoms with van der Waals surface area (Å²) in [5, 5.41) is 6.08. The van der Waals surface area contributed by atoms with Crippen LogP contribution in [0.3, 0.4) is 0 Å². The van der Waals surface area contributed by atoms with Crippen molar-refractivity contribution >= 4 is 74.9 Å². The third-order valence-corrected chi connectivity index (χ3v) is 9.37. The van der Waals surface area contributed by atoms with Crippen LogP contribution < -0.4 is 15.4 Å². The topological polar surface area (TPSA) is 76.7 Å². The number of halogens is 4. The van der Waals surface area contributed by atoms with Gasteiger partial charge in [0.05, 0.1) is 19.3 Å². The number of carbonyl (C=O) groups excluding carboxylic acids is 2. The van der Waals surface area contributed by atoms with Crippen LogP contribution in [0.1, 0.15) is 41.5 Å². The van der Waals surface area contributed by atoms with E-state index in [4.69, 9.17) is 44.3 Å². The highest BCUT2D eigenvalue weighted by atomic mass is 127. The first-order valence-electron chi connectivity index (χ1n) is 12.6. The van der Waals surface area contributed by atoms with Crippen molar-refractivity contribution in [1.29, 1.82) is 0 Å². The highest BCUT2D eigenvalue weighted by Crippen LogP contribution is 2.59. The number of carbonyl (C=O) groups is 2. The molecule has 202 valence electrons. The maximum atomic E-state index is 14.4. The number of ether oxygens (including phenoxy) is 2. The van der Waals surface area contributed by atoms with Crippen molar-refractivity contribution in [2.24, 2.45) is 0 Å². The molecular weight excluding hydrogens is 674 g/mol. The van der Waals surface area contributed by atoms with Gasteiger partial charge in [0.25, 0.3) is 0 Å². The Bertz CT molecular complexity index is 1460. The zero-order chi connectivity index (χ0) is 27.3. The number of anilines is 1. The Hall–Kier alpha value is -2.04. The second kappa shape index (κ2) is 10.7. The molecular formula is C29H24Cl3IN2O4. The van der Waals surface area contributed by atoms with Crippen molar-refractivity contribution < 1.29 is 19.1 Å². The molecule has 2 amide bonds. The zero-order valence-corrected chi connectivity index (χ0v) is 25.0. The summed E-state index contributed by atoms with van der Waals surface area (Å²) in [4.78, 5) is 27.9. The molecule has 1 spiro atoms. The molecule has 2 saturated heterocycles. The van der Waals surface area contributed by atoms with Crippen molar-refractivity contribution in [3.63, 3.8) is 0 Å². The first-order chi connectivity index (χ1) is 18.8. The number of hydrogen-bond acceptors (Lipinski definition) is 4. The first kappa shape index (κ1) is 27.1. The van der Waals surface area contributed by atoms with Gasteiger partial charge < -0.3 is 20.1 Å². The van der Waals surface area contributed by atoms with Gasteiger partial charge in [-0.3, -0.25) is 9.59 Å². The lowest BCUT2D eigenvalue weighted by atomic mass is 9.59. The Labute approximate surface area is 254 Å². The molecule has 0 radical (unpaired) electrons. The second-order valence-electron chi connectivity index (χ2n) is 10.0. The Morgan fingerprint density at radius 2 is 1.74 bits per heavy atom. The Morgan fingerprint density at radius 3 is 2.51 bits per heavy atom. The van der Waals surface area contributed by atoms with E-state index in [-0.39, 0.29) is 17.9 Å². The quantitative estimate of drug-likeness (QED) is 0.238.